The van der Waals surface area contributed by atoms with Crippen molar-refractivity contribution in [3.8, 4) is 5.75 Å². The van der Waals surface area contributed by atoms with Gasteiger partial charge < -0.3 is 9.47 Å². The first-order valence-corrected chi connectivity index (χ1v) is 8.17. The molecule has 2 heteroatoms. The maximum atomic E-state index is 6.21. The van der Waals surface area contributed by atoms with Crippen molar-refractivity contribution in [3.63, 3.8) is 0 Å². The second-order valence-electron chi connectivity index (χ2n) is 6.09. The van der Waals surface area contributed by atoms with Crippen LogP contribution in [0.5, 0.6) is 5.75 Å². The van der Waals surface area contributed by atoms with Crippen molar-refractivity contribution in [1.29, 1.82) is 0 Å². The van der Waals surface area contributed by atoms with Gasteiger partial charge in [0.25, 0.3) is 0 Å². The van der Waals surface area contributed by atoms with Crippen molar-refractivity contribution in [2.75, 3.05) is 0 Å². The van der Waals surface area contributed by atoms with E-state index in [1.54, 1.807) is 0 Å². The molecule has 0 aliphatic carbocycles. The molecule has 2 nitrogen and oxygen atoms in total. The van der Waals surface area contributed by atoms with Crippen molar-refractivity contribution >= 4 is 21.5 Å². The standard InChI is InChI=1S/C22H16O2/c1-3-9-17-15(6-1)8-5-11-19(17)22-23-14-20-18-10-4-2-7-16(18)12-13-21(20)24-22/h1-13,22H,14H2. The third kappa shape index (κ3) is 2.08. The Morgan fingerprint density at radius 3 is 2.25 bits per heavy atom. The first-order valence-electron chi connectivity index (χ1n) is 8.17. The predicted octanol–water partition coefficient (Wildman–Crippen LogP) is 5.60. The van der Waals surface area contributed by atoms with Crippen molar-refractivity contribution < 1.29 is 9.47 Å². The molecule has 4 aromatic carbocycles. The van der Waals surface area contributed by atoms with Crippen LogP contribution < -0.4 is 4.74 Å². The van der Waals surface area contributed by atoms with Gasteiger partial charge in [0.1, 0.15) is 5.75 Å². The molecule has 0 spiro atoms. The molecular weight excluding hydrogens is 296 g/mol. The summed E-state index contributed by atoms with van der Waals surface area (Å²) in [7, 11) is 0. The Bertz CT molecular complexity index is 1050. The highest BCUT2D eigenvalue weighted by Crippen LogP contribution is 2.38. The highest BCUT2D eigenvalue weighted by Gasteiger charge is 2.24. The second-order valence-corrected chi connectivity index (χ2v) is 6.09. The minimum Gasteiger partial charge on any atom is -0.460 e. The molecule has 0 amide bonds. The van der Waals surface area contributed by atoms with E-state index in [2.05, 4.69) is 78.9 Å². The van der Waals surface area contributed by atoms with Gasteiger partial charge in [-0.05, 0) is 27.6 Å². The van der Waals surface area contributed by atoms with Crippen LogP contribution in [0.2, 0.25) is 0 Å². The molecule has 5 rings (SSSR count). The Balaban J connectivity index is 1.60. The van der Waals surface area contributed by atoms with Gasteiger partial charge in [-0.15, -0.1) is 0 Å². The van der Waals surface area contributed by atoms with E-state index in [1.165, 1.54) is 21.5 Å². The van der Waals surface area contributed by atoms with Crippen LogP contribution in [-0.2, 0) is 11.3 Å². The smallest absolute Gasteiger partial charge is 0.227 e. The minimum absolute atomic E-state index is 0.371. The highest BCUT2D eigenvalue weighted by atomic mass is 16.7. The summed E-state index contributed by atoms with van der Waals surface area (Å²) in [6.45, 7) is 0.560. The number of hydrogen-bond acceptors (Lipinski definition) is 2. The molecule has 0 aromatic heterocycles. The maximum absolute atomic E-state index is 6.21. The lowest BCUT2D eigenvalue weighted by Crippen LogP contribution is -2.18. The van der Waals surface area contributed by atoms with Gasteiger partial charge in [-0.3, -0.25) is 0 Å². The molecule has 0 radical (unpaired) electrons. The topological polar surface area (TPSA) is 18.5 Å². The Morgan fingerprint density at radius 2 is 1.38 bits per heavy atom. The number of fused-ring (bicyclic) bond motifs is 4. The predicted molar refractivity (Wildman–Crippen MR) is 96.1 cm³/mol. The zero-order valence-electron chi connectivity index (χ0n) is 13.1. The number of hydrogen-bond donors (Lipinski definition) is 0. The molecule has 1 aliphatic rings. The van der Waals surface area contributed by atoms with Gasteiger partial charge in [-0.25, -0.2) is 0 Å². The van der Waals surface area contributed by atoms with Crippen LogP contribution >= 0.6 is 0 Å². The molecule has 0 saturated carbocycles. The van der Waals surface area contributed by atoms with E-state index in [1.807, 2.05) is 0 Å². The maximum Gasteiger partial charge on any atom is 0.227 e. The van der Waals surface area contributed by atoms with Gasteiger partial charge in [0.15, 0.2) is 0 Å². The van der Waals surface area contributed by atoms with Crippen LogP contribution in [0.4, 0.5) is 0 Å². The van der Waals surface area contributed by atoms with E-state index in [4.69, 9.17) is 9.47 Å². The average molecular weight is 312 g/mol. The monoisotopic (exact) mass is 312 g/mol. The quantitative estimate of drug-likeness (QED) is 0.455. The molecule has 1 unspecified atom stereocenters. The molecule has 116 valence electrons. The molecule has 0 bridgehead atoms. The summed E-state index contributed by atoms with van der Waals surface area (Å²) in [5, 5.41) is 4.79. The molecule has 0 saturated heterocycles. The molecule has 0 fully saturated rings. The van der Waals surface area contributed by atoms with E-state index in [9.17, 15) is 0 Å². The van der Waals surface area contributed by atoms with E-state index >= 15 is 0 Å². The third-order valence-corrected chi connectivity index (χ3v) is 4.69. The fourth-order valence-corrected chi connectivity index (χ4v) is 3.49. The Kier molecular flexibility index (Phi) is 3.03. The Morgan fingerprint density at radius 1 is 0.667 bits per heavy atom. The van der Waals surface area contributed by atoms with Crippen molar-refractivity contribution in [2.45, 2.75) is 12.9 Å². The van der Waals surface area contributed by atoms with Crippen molar-refractivity contribution in [3.05, 3.63) is 90.0 Å². The molecule has 1 atom stereocenters. The molecule has 0 N–H and O–H groups in total. The normalized spacial score (nSPS) is 16.8. The fraction of sp³-hybridized carbons (Fsp3) is 0.0909. The summed E-state index contributed by atoms with van der Waals surface area (Å²) in [5.74, 6) is 0.915. The number of benzene rings is 4. The van der Waals surface area contributed by atoms with E-state index < -0.39 is 0 Å². The first kappa shape index (κ1) is 13.6. The van der Waals surface area contributed by atoms with Crippen LogP contribution in [0.3, 0.4) is 0 Å². The number of ether oxygens (including phenoxy) is 2. The fourth-order valence-electron chi connectivity index (χ4n) is 3.49. The molecule has 4 aromatic rings. The third-order valence-electron chi connectivity index (χ3n) is 4.69. The lowest BCUT2D eigenvalue weighted by Gasteiger charge is -2.28. The summed E-state index contributed by atoms with van der Waals surface area (Å²) in [6, 6.07) is 27.1. The van der Waals surface area contributed by atoms with Crippen LogP contribution in [-0.4, -0.2) is 0 Å². The second kappa shape index (κ2) is 5.36. The van der Waals surface area contributed by atoms with Gasteiger partial charge in [-0.2, -0.15) is 0 Å². The lowest BCUT2D eigenvalue weighted by atomic mass is 10.0. The number of rotatable bonds is 1. The van der Waals surface area contributed by atoms with Gasteiger partial charge in [0.05, 0.1) is 6.61 Å². The summed E-state index contributed by atoms with van der Waals surface area (Å²) in [6.07, 6.45) is -0.371. The van der Waals surface area contributed by atoms with E-state index in [-0.39, 0.29) is 6.29 Å². The highest BCUT2D eigenvalue weighted by molar-refractivity contribution is 5.88. The van der Waals surface area contributed by atoms with Crippen molar-refractivity contribution in [2.24, 2.45) is 0 Å². The van der Waals surface area contributed by atoms with Crippen LogP contribution in [0.1, 0.15) is 17.4 Å². The zero-order valence-corrected chi connectivity index (χ0v) is 13.1. The molecule has 1 heterocycles. The van der Waals surface area contributed by atoms with Gasteiger partial charge in [0.2, 0.25) is 6.29 Å². The zero-order chi connectivity index (χ0) is 15.9. The lowest BCUT2D eigenvalue weighted by molar-refractivity contribution is -0.109. The van der Waals surface area contributed by atoms with Gasteiger partial charge in [-0.1, -0.05) is 72.8 Å². The van der Waals surface area contributed by atoms with Crippen molar-refractivity contribution in [1.82, 2.24) is 0 Å². The molecule has 1 aliphatic heterocycles. The van der Waals surface area contributed by atoms with Crippen LogP contribution in [0, 0.1) is 0 Å². The summed E-state index contributed by atoms with van der Waals surface area (Å²) in [4.78, 5) is 0. The largest absolute Gasteiger partial charge is 0.460 e. The Labute approximate surface area is 140 Å². The SMILES string of the molecule is c1ccc2c(C3OCc4c(ccc5ccccc45)O3)cccc2c1. The summed E-state index contributed by atoms with van der Waals surface area (Å²) < 4.78 is 12.3. The average Bonchev–Trinajstić information content (AvgIpc) is 2.67. The molecule has 24 heavy (non-hydrogen) atoms. The Hall–Kier alpha value is -2.84. The summed E-state index contributed by atoms with van der Waals surface area (Å²) in [5.41, 5.74) is 2.21. The van der Waals surface area contributed by atoms with Gasteiger partial charge >= 0.3 is 0 Å². The van der Waals surface area contributed by atoms with Crippen LogP contribution in [0.15, 0.2) is 78.9 Å². The van der Waals surface area contributed by atoms with Crippen LogP contribution in [0.25, 0.3) is 21.5 Å². The summed E-state index contributed by atoms with van der Waals surface area (Å²) >= 11 is 0. The molecular formula is C22H16O2. The van der Waals surface area contributed by atoms with E-state index in [0.29, 0.717) is 6.61 Å². The van der Waals surface area contributed by atoms with E-state index in [0.717, 1.165) is 16.9 Å². The van der Waals surface area contributed by atoms with Gasteiger partial charge in [0, 0.05) is 11.1 Å². The first-order chi connectivity index (χ1) is 11.9. The minimum atomic E-state index is -0.371.